The summed E-state index contributed by atoms with van der Waals surface area (Å²) in [6.07, 6.45) is 4.83. The van der Waals surface area contributed by atoms with Crippen LogP contribution in [0.25, 0.3) is 10.9 Å². The van der Waals surface area contributed by atoms with E-state index in [4.69, 9.17) is 4.74 Å². The van der Waals surface area contributed by atoms with Crippen LogP contribution in [0.1, 0.15) is 48.5 Å². The molecular weight excluding hydrogens is 453 g/mol. The van der Waals surface area contributed by atoms with E-state index in [9.17, 15) is 13.2 Å². The number of halogens is 3. The van der Waals surface area contributed by atoms with Gasteiger partial charge in [0.15, 0.2) is 0 Å². The first kappa shape index (κ1) is 22.2. The summed E-state index contributed by atoms with van der Waals surface area (Å²) in [7, 11) is 1.70. The summed E-state index contributed by atoms with van der Waals surface area (Å²) in [6.45, 7) is 0.998. The highest BCUT2D eigenvalue weighted by atomic mass is 19.4. The van der Waals surface area contributed by atoms with Gasteiger partial charge in [0.2, 0.25) is 0 Å². The molecule has 2 N–H and O–H groups in total. The Labute approximate surface area is 201 Å². The normalized spacial score (nSPS) is 24.7. The molecule has 3 aromatic rings. The fourth-order valence-corrected chi connectivity index (χ4v) is 5.92. The van der Waals surface area contributed by atoms with Gasteiger partial charge in [-0.15, -0.1) is 0 Å². The van der Waals surface area contributed by atoms with E-state index in [2.05, 4.69) is 44.7 Å². The zero-order valence-electron chi connectivity index (χ0n) is 19.5. The molecule has 0 bridgehead atoms. The summed E-state index contributed by atoms with van der Waals surface area (Å²) < 4.78 is 46.5. The van der Waals surface area contributed by atoms with Crippen LogP contribution in [-0.2, 0) is 18.1 Å². The van der Waals surface area contributed by atoms with E-state index in [0.29, 0.717) is 11.7 Å². The number of ether oxygens (including phenoxy) is 1. The quantitative estimate of drug-likeness (QED) is 0.441. The molecule has 8 heteroatoms. The fourth-order valence-electron chi connectivity index (χ4n) is 5.92. The second-order valence-corrected chi connectivity index (χ2v) is 9.60. The van der Waals surface area contributed by atoms with Crippen LogP contribution in [0, 0.1) is 0 Å². The molecule has 2 aliphatic heterocycles. The van der Waals surface area contributed by atoms with Crippen molar-refractivity contribution < 1.29 is 17.9 Å². The number of hydrogen-bond acceptors (Lipinski definition) is 4. The fraction of sp³-hybridized carbons (Fsp3) is 0.370. The predicted octanol–water partition coefficient (Wildman–Crippen LogP) is 6.16. The lowest BCUT2D eigenvalue weighted by Crippen LogP contribution is -2.44. The minimum Gasteiger partial charge on any atom is -0.497 e. The van der Waals surface area contributed by atoms with E-state index in [1.54, 1.807) is 7.11 Å². The molecule has 0 saturated heterocycles. The van der Waals surface area contributed by atoms with Crippen LogP contribution in [0.2, 0.25) is 0 Å². The number of methoxy groups -OCH3 is 1. The second-order valence-electron chi connectivity index (χ2n) is 9.60. The smallest absolute Gasteiger partial charge is 0.416 e. The van der Waals surface area contributed by atoms with Gasteiger partial charge in [0.05, 0.1) is 35.1 Å². The third kappa shape index (κ3) is 3.71. The first-order valence-corrected chi connectivity index (χ1v) is 12.0. The lowest BCUT2D eigenvalue weighted by atomic mass is 9.77. The van der Waals surface area contributed by atoms with Crippen molar-refractivity contribution in [1.29, 1.82) is 0 Å². The molecule has 0 unspecified atom stereocenters. The summed E-state index contributed by atoms with van der Waals surface area (Å²) >= 11 is 0. The summed E-state index contributed by atoms with van der Waals surface area (Å²) in [6, 6.07) is 11.7. The maximum Gasteiger partial charge on any atom is 0.416 e. The Morgan fingerprint density at radius 2 is 1.94 bits per heavy atom. The maximum atomic E-state index is 12.8. The van der Waals surface area contributed by atoms with E-state index in [1.165, 1.54) is 34.3 Å². The van der Waals surface area contributed by atoms with E-state index in [-0.39, 0.29) is 5.54 Å². The number of rotatable bonds is 3. The molecule has 0 radical (unpaired) electrons. The topological polar surface area (TPSA) is 50.6 Å². The number of allylic oxidation sites excluding steroid dienone is 2. The van der Waals surface area contributed by atoms with Crippen molar-refractivity contribution in [1.82, 2.24) is 9.88 Å². The highest BCUT2D eigenvalue weighted by Gasteiger charge is 2.43. The van der Waals surface area contributed by atoms with Crippen molar-refractivity contribution >= 4 is 22.3 Å². The Morgan fingerprint density at radius 3 is 2.66 bits per heavy atom. The number of alkyl halides is 3. The molecule has 3 heterocycles. The number of hydrazone groups is 1. The predicted molar refractivity (Wildman–Crippen MR) is 131 cm³/mol. The van der Waals surface area contributed by atoms with Crippen LogP contribution in [0.4, 0.5) is 18.9 Å². The number of anilines is 1. The molecule has 0 fully saturated rings. The van der Waals surface area contributed by atoms with Gasteiger partial charge in [-0.2, -0.15) is 18.3 Å². The Morgan fingerprint density at radius 1 is 1.11 bits per heavy atom. The second kappa shape index (κ2) is 8.16. The Kier molecular flexibility index (Phi) is 5.18. The van der Waals surface area contributed by atoms with E-state index in [1.807, 2.05) is 6.07 Å². The van der Waals surface area contributed by atoms with Gasteiger partial charge in [-0.1, -0.05) is 6.08 Å². The van der Waals surface area contributed by atoms with Crippen molar-refractivity contribution in [2.75, 3.05) is 19.1 Å². The van der Waals surface area contributed by atoms with Crippen LogP contribution in [0.5, 0.6) is 5.75 Å². The van der Waals surface area contributed by atoms with Crippen molar-refractivity contribution in [3.8, 4) is 5.75 Å². The van der Waals surface area contributed by atoms with Crippen molar-refractivity contribution in [2.24, 2.45) is 5.10 Å². The van der Waals surface area contributed by atoms with Crippen LogP contribution < -0.4 is 15.5 Å². The van der Waals surface area contributed by atoms with Gasteiger partial charge < -0.3 is 14.6 Å². The van der Waals surface area contributed by atoms with E-state index in [0.717, 1.165) is 62.2 Å². The molecule has 2 aromatic carbocycles. The SMILES string of the molecule is COc1ccc2c3c4n(c2c1)[C@@]1(C=C/C(=N\Nc2ccc(C(F)(F)F)cc2)CC1)CC[C@@H]4NCC3. The van der Waals surface area contributed by atoms with Crippen LogP contribution >= 0.6 is 0 Å². The van der Waals surface area contributed by atoms with E-state index >= 15 is 0 Å². The number of nitrogens with one attached hydrogen (secondary N) is 2. The maximum absolute atomic E-state index is 12.8. The summed E-state index contributed by atoms with van der Waals surface area (Å²) in [5.41, 5.74) is 7.61. The van der Waals surface area contributed by atoms with Crippen molar-refractivity contribution in [2.45, 2.75) is 49.9 Å². The molecule has 1 aliphatic carbocycles. The third-order valence-electron chi connectivity index (χ3n) is 7.67. The largest absolute Gasteiger partial charge is 0.497 e. The Balaban J connectivity index is 1.32. The molecule has 0 saturated carbocycles. The van der Waals surface area contributed by atoms with Crippen molar-refractivity contribution in [3.05, 3.63) is 71.4 Å². The number of nitrogens with zero attached hydrogens (tertiary/aromatic N) is 2. The zero-order valence-corrected chi connectivity index (χ0v) is 19.5. The summed E-state index contributed by atoms with van der Waals surface area (Å²) in [5, 5.41) is 9.49. The van der Waals surface area contributed by atoms with Gasteiger partial charge >= 0.3 is 6.18 Å². The zero-order chi connectivity index (χ0) is 24.2. The number of hydrogen-bond donors (Lipinski definition) is 2. The van der Waals surface area contributed by atoms with Gasteiger partial charge in [0, 0.05) is 23.2 Å². The Hall–Kier alpha value is -3.26. The first-order chi connectivity index (χ1) is 16.9. The lowest BCUT2D eigenvalue weighted by Gasteiger charge is -2.45. The highest BCUT2D eigenvalue weighted by molar-refractivity contribution is 5.97. The average Bonchev–Trinajstić information content (AvgIpc) is 3.21. The van der Waals surface area contributed by atoms with Gasteiger partial charge in [-0.3, -0.25) is 5.43 Å². The minimum atomic E-state index is -4.34. The van der Waals surface area contributed by atoms with Gasteiger partial charge in [0.1, 0.15) is 5.75 Å². The molecule has 5 nitrogen and oxygen atoms in total. The number of fused-ring (bicyclic) bond motifs is 4. The van der Waals surface area contributed by atoms with Gasteiger partial charge in [-0.25, -0.2) is 0 Å². The summed E-state index contributed by atoms with van der Waals surface area (Å²) in [4.78, 5) is 0. The van der Waals surface area contributed by atoms with Gasteiger partial charge in [0.25, 0.3) is 0 Å². The first-order valence-electron chi connectivity index (χ1n) is 12.0. The number of aromatic nitrogens is 1. The van der Waals surface area contributed by atoms with Crippen LogP contribution in [0.15, 0.2) is 59.7 Å². The van der Waals surface area contributed by atoms with Crippen LogP contribution in [-0.4, -0.2) is 23.9 Å². The average molecular weight is 481 g/mol. The molecule has 1 spiro atoms. The Bertz CT molecular complexity index is 1340. The molecule has 1 aromatic heterocycles. The summed E-state index contributed by atoms with van der Waals surface area (Å²) in [5.74, 6) is 0.858. The molecule has 182 valence electrons. The van der Waals surface area contributed by atoms with Crippen LogP contribution in [0.3, 0.4) is 0 Å². The number of benzene rings is 2. The van der Waals surface area contributed by atoms with E-state index < -0.39 is 11.7 Å². The molecule has 6 rings (SSSR count). The molecule has 3 aliphatic rings. The van der Waals surface area contributed by atoms with Crippen molar-refractivity contribution in [3.63, 3.8) is 0 Å². The standard InChI is InChI=1S/C27H27F3N4O/c1-35-20-6-7-21-22-11-15-31-23-10-14-26(34(25(22)23)24(21)16-20)12-8-19(9-13-26)33-32-18-4-2-17(3-5-18)27(28,29)30/h2-8,12,16,23,31-32H,9-11,13-15H2,1H3/b33-19+/t23-,26+/m0/s1. The molecule has 35 heavy (non-hydrogen) atoms. The molecule has 2 atom stereocenters. The molecule has 0 amide bonds. The van der Waals surface area contributed by atoms with Gasteiger partial charge in [-0.05, 0) is 86.7 Å². The monoisotopic (exact) mass is 480 g/mol. The highest BCUT2D eigenvalue weighted by Crippen LogP contribution is 2.49. The molecular formula is C27H27F3N4O. The lowest BCUT2D eigenvalue weighted by molar-refractivity contribution is -0.137. The minimum absolute atomic E-state index is 0.124. The third-order valence-corrected chi connectivity index (χ3v) is 7.67.